The molecule has 23 heavy (non-hydrogen) atoms. The molecule has 0 amide bonds. The standard InChI is InChI=1S/C14H11F2N3O2S2/c1-8(9-5-6-10(15)11(16)7-9)19-23(20,21)13-4-2-3-12-14(13)18-22-17-12/h2-8,19H,1H3. The molecule has 0 saturated heterocycles. The number of hydrogen-bond acceptors (Lipinski definition) is 5. The molecule has 120 valence electrons. The molecule has 0 aliphatic carbocycles. The summed E-state index contributed by atoms with van der Waals surface area (Å²) >= 11 is 0.918. The highest BCUT2D eigenvalue weighted by Gasteiger charge is 2.22. The minimum atomic E-state index is -3.89. The summed E-state index contributed by atoms with van der Waals surface area (Å²) in [7, 11) is -3.89. The number of fused-ring (bicyclic) bond motifs is 1. The SMILES string of the molecule is CC(NS(=O)(=O)c1cccc2nsnc12)c1ccc(F)c(F)c1. The van der Waals surface area contributed by atoms with Crippen LogP contribution in [-0.4, -0.2) is 17.2 Å². The molecule has 2 aromatic carbocycles. The van der Waals surface area contributed by atoms with Gasteiger partial charge in [-0.1, -0.05) is 12.1 Å². The van der Waals surface area contributed by atoms with E-state index in [4.69, 9.17) is 0 Å². The van der Waals surface area contributed by atoms with Crippen molar-refractivity contribution in [2.45, 2.75) is 17.9 Å². The van der Waals surface area contributed by atoms with Gasteiger partial charge in [0.25, 0.3) is 0 Å². The zero-order valence-electron chi connectivity index (χ0n) is 11.8. The molecule has 0 spiro atoms. The van der Waals surface area contributed by atoms with Gasteiger partial charge >= 0.3 is 0 Å². The van der Waals surface area contributed by atoms with Crippen LogP contribution in [0.15, 0.2) is 41.3 Å². The molecule has 0 fully saturated rings. The fraction of sp³-hybridized carbons (Fsp3) is 0.143. The second-order valence-electron chi connectivity index (χ2n) is 4.90. The molecule has 1 heterocycles. The Labute approximate surface area is 135 Å². The van der Waals surface area contributed by atoms with Gasteiger partial charge < -0.3 is 0 Å². The van der Waals surface area contributed by atoms with E-state index in [1.807, 2.05) is 0 Å². The number of aromatic nitrogens is 2. The molecule has 1 unspecified atom stereocenters. The first-order valence-corrected chi connectivity index (χ1v) is 8.78. The monoisotopic (exact) mass is 355 g/mol. The smallest absolute Gasteiger partial charge is 0.207 e. The van der Waals surface area contributed by atoms with Gasteiger partial charge in [0, 0.05) is 6.04 Å². The van der Waals surface area contributed by atoms with E-state index in [9.17, 15) is 17.2 Å². The summed E-state index contributed by atoms with van der Waals surface area (Å²) < 4.78 is 61.8. The summed E-state index contributed by atoms with van der Waals surface area (Å²) in [6, 6.07) is 7.17. The van der Waals surface area contributed by atoms with Crippen molar-refractivity contribution < 1.29 is 17.2 Å². The van der Waals surface area contributed by atoms with E-state index in [-0.39, 0.29) is 10.4 Å². The number of sulfonamides is 1. The molecule has 1 aromatic heterocycles. The van der Waals surface area contributed by atoms with Crippen molar-refractivity contribution in [1.29, 1.82) is 0 Å². The van der Waals surface area contributed by atoms with Crippen molar-refractivity contribution in [2.75, 3.05) is 0 Å². The number of halogens is 2. The molecule has 0 bridgehead atoms. The minimum Gasteiger partial charge on any atom is -0.207 e. The van der Waals surface area contributed by atoms with Gasteiger partial charge in [-0.25, -0.2) is 21.9 Å². The molecule has 0 aliphatic rings. The molecule has 3 rings (SSSR count). The summed E-state index contributed by atoms with van der Waals surface area (Å²) in [6.07, 6.45) is 0. The van der Waals surface area contributed by atoms with Crippen molar-refractivity contribution in [2.24, 2.45) is 0 Å². The van der Waals surface area contributed by atoms with Gasteiger partial charge in [0.05, 0.1) is 11.7 Å². The minimum absolute atomic E-state index is 0.00168. The van der Waals surface area contributed by atoms with Crippen molar-refractivity contribution in [1.82, 2.24) is 13.5 Å². The Morgan fingerprint density at radius 1 is 1.13 bits per heavy atom. The van der Waals surface area contributed by atoms with Crippen LogP contribution >= 0.6 is 11.7 Å². The Kier molecular flexibility index (Phi) is 4.09. The van der Waals surface area contributed by atoms with Crippen molar-refractivity contribution in [3.05, 3.63) is 53.6 Å². The molecule has 3 aromatic rings. The number of hydrogen-bond donors (Lipinski definition) is 1. The van der Waals surface area contributed by atoms with Crippen molar-refractivity contribution in [3.63, 3.8) is 0 Å². The molecule has 1 atom stereocenters. The van der Waals surface area contributed by atoms with Gasteiger partial charge in [0.1, 0.15) is 15.9 Å². The normalized spacial score (nSPS) is 13.3. The van der Waals surface area contributed by atoms with Crippen LogP contribution in [0.3, 0.4) is 0 Å². The quantitative estimate of drug-likeness (QED) is 0.781. The highest BCUT2D eigenvalue weighted by Crippen LogP contribution is 2.24. The fourth-order valence-electron chi connectivity index (χ4n) is 2.14. The van der Waals surface area contributed by atoms with Gasteiger partial charge in [-0.3, -0.25) is 0 Å². The first-order valence-electron chi connectivity index (χ1n) is 6.57. The van der Waals surface area contributed by atoms with Crippen molar-refractivity contribution in [3.8, 4) is 0 Å². The second kappa shape index (κ2) is 5.91. The summed E-state index contributed by atoms with van der Waals surface area (Å²) in [5.41, 5.74) is 1.08. The van der Waals surface area contributed by atoms with E-state index in [1.165, 1.54) is 12.1 Å². The Hall–Kier alpha value is -1.97. The van der Waals surface area contributed by atoms with E-state index < -0.39 is 27.7 Å². The molecule has 1 N–H and O–H groups in total. The van der Waals surface area contributed by atoms with Crippen LogP contribution < -0.4 is 4.72 Å². The lowest BCUT2D eigenvalue weighted by atomic mass is 10.1. The van der Waals surface area contributed by atoms with Crippen LogP contribution in [0.25, 0.3) is 11.0 Å². The average Bonchev–Trinajstić information content (AvgIpc) is 2.97. The third-order valence-corrected chi connectivity index (χ3v) is 5.43. The van der Waals surface area contributed by atoms with Crippen molar-refractivity contribution >= 4 is 32.8 Å². The molecule has 0 radical (unpaired) electrons. The van der Waals surface area contributed by atoms with Crippen LogP contribution in [-0.2, 0) is 10.0 Å². The van der Waals surface area contributed by atoms with Crippen LogP contribution in [0.1, 0.15) is 18.5 Å². The second-order valence-corrected chi connectivity index (χ2v) is 7.12. The largest absolute Gasteiger partial charge is 0.243 e. The van der Waals surface area contributed by atoms with Gasteiger partial charge in [-0.15, -0.1) is 0 Å². The van der Waals surface area contributed by atoms with E-state index in [1.54, 1.807) is 19.1 Å². The Morgan fingerprint density at radius 2 is 1.91 bits per heavy atom. The molecule has 0 saturated carbocycles. The highest BCUT2D eigenvalue weighted by atomic mass is 32.2. The summed E-state index contributed by atoms with van der Waals surface area (Å²) in [6.45, 7) is 1.55. The van der Waals surface area contributed by atoms with E-state index in [0.717, 1.165) is 23.9 Å². The van der Waals surface area contributed by atoms with E-state index in [2.05, 4.69) is 13.5 Å². The highest BCUT2D eigenvalue weighted by molar-refractivity contribution is 7.89. The summed E-state index contributed by atoms with van der Waals surface area (Å²) in [5, 5.41) is 0. The maximum atomic E-state index is 13.3. The van der Waals surface area contributed by atoms with E-state index in [0.29, 0.717) is 11.1 Å². The summed E-state index contributed by atoms with van der Waals surface area (Å²) in [4.78, 5) is -0.00168. The topological polar surface area (TPSA) is 72.0 Å². The first-order chi connectivity index (χ1) is 10.9. The number of nitrogens with one attached hydrogen (secondary N) is 1. The third-order valence-electron chi connectivity index (χ3n) is 3.31. The van der Waals surface area contributed by atoms with Gasteiger partial charge in [-0.2, -0.15) is 8.75 Å². The van der Waals surface area contributed by atoms with Gasteiger partial charge in [0.15, 0.2) is 11.6 Å². The maximum absolute atomic E-state index is 13.3. The van der Waals surface area contributed by atoms with Gasteiger partial charge in [0.2, 0.25) is 10.0 Å². The number of rotatable bonds is 4. The predicted octanol–water partition coefficient (Wildman–Crippen LogP) is 3.01. The van der Waals surface area contributed by atoms with Gasteiger partial charge in [-0.05, 0) is 36.8 Å². The number of nitrogens with zero attached hydrogens (tertiary/aromatic N) is 2. The molecular formula is C14H11F2N3O2S2. The molecular weight excluding hydrogens is 344 g/mol. The Balaban J connectivity index is 1.94. The zero-order valence-corrected chi connectivity index (χ0v) is 13.5. The lowest BCUT2D eigenvalue weighted by Gasteiger charge is -2.15. The first kappa shape index (κ1) is 15.9. The third kappa shape index (κ3) is 3.07. The van der Waals surface area contributed by atoms with Crippen LogP contribution in [0.2, 0.25) is 0 Å². The van der Waals surface area contributed by atoms with E-state index >= 15 is 0 Å². The molecule has 0 aliphatic heterocycles. The molecule has 9 heteroatoms. The lowest BCUT2D eigenvalue weighted by molar-refractivity contribution is 0.504. The molecule has 5 nitrogen and oxygen atoms in total. The Morgan fingerprint density at radius 3 is 2.65 bits per heavy atom. The predicted molar refractivity (Wildman–Crippen MR) is 82.5 cm³/mol. The van der Waals surface area contributed by atoms with Crippen LogP contribution in [0.4, 0.5) is 8.78 Å². The number of benzene rings is 2. The average molecular weight is 355 g/mol. The summed E-state index contributed by atoms with van der Waals surface area (Å²) in [5.74, 6) is -2.01. The Bertz CT molecular complexity index is 973. The zero-order chi connectivity index (χ0) is 16.6. The lowest BCUT2D eigenvalue weighted by Crippen LogP contribution is -2.27. The van der Waals surface area contributed by atoms with Crippen LogP contribution in [0.5, 0.6) is 0 Å². The van der Waals surface area contributed by atoms with Crippen LogP contribution in [0, 0.1) is 11.6 Å². The maximum Gasteiger partial charge on any atom is 0.243 e. The fourth-order valence-corrected chi connectivity index (χ4v) is 4.14.